The fourth-order valence-electron chi connectivity index (χ4n) is 5.20. The Hall–Kier alpha value is -0.417. The first-order chi connectivity index (χ1) is 9.28. The molecule has 2 saturated carbocycles. The molecule has 0 N–H and O–H groups in total. The van der Waals surface area contributed by atoms with Gasteiger partial charge in [0.05, 0.1) is 0 Å². The molecule has 96 valence electrons. The zero-order valence-corrected chi connectivity index (χ0v) is 14.7. The van der Waals surface area contributed by atoms with Gasteiger partial charge >= 0.3 is 124 Å². The Kier molecular flexibility index (Phi) is 2.96. The van der Waals surface area contributed by atoms with E-state index in [1.54, 1.807) is 0 Å². The Bertz CT molecular complexity index is 440. The van der Waals surface area contributed by atoms with Crippen molar-refractivity contribution >= 4 is 0 Å². The number of fused-ring (bicyclic) bond motifs is 4. The van der Waals surface area contributed by atoms with Crippen molar-refractivity contribution in [2.75, 3.05) is 0 Å². The average Bonchev–Trinajstić information content (AvgIpc) is 3.16. The number of allylic oxidation sites excluding steroid dienone is 6. The molecule has 0 radical (unpaired) electrons. The third kappa shape index (κ3) is 1.89. The summed E-state index contributed by atoms with van der Waals surface area (Å²) in [7, 11) is 0. The molecule has 4 aliphatic carbocycles. The van der Waals surface area contributed by atoms with Gasteiger partial charge in [-0.2, -0.15) is 0 Å². The van der Waals surface area contributed by atoms with Crippen LogP contribution in [0.2, 0.25) is 0 Å². The van der Waals surface area contributed by atoms with Gasteiger partial charge in [-0.3, -0.25) is 0 Å². The van der Waals surface area contributed by atoms with Crippen molar-refractivity contribution in [3.8, 4) is 0 Å². The summed E-state index contributed by atoms with van der Waals surface area (Å²) < 4.78 is 3.90. The van der Waals surface area contributed by atoms with Crippen LogP contribution >= 0.6 is 0 Å². The number of hydrogen-bond donors (Lipinski definition) is 0. The standard InChI is InChI=1S/2C9H11.Zn/c2*1-2-8-5-7-3-4-9(8)6-7;/h2*2,4,7-9H,1,5-6H2;. The van der Waals surface area contributed by atoms with Crippen LogP contribution in [0.3, 0.4) is 0 Å². The van der Waals surface area contributed by atoms with Gasteiger partial charge in [0.1, 0.15) is 0 Å². The van der Waals surface area contributed by atoms with E-state index in [0.29, 0.717) is 0 Å². The predicted molar refractivity (Wildman–Crippen MR) is 76.0 cm³/mol. The Balaban J connectivity index is 1.48. The minimum absolute atomic E-state index is 0.584. The molecule has 0 aromatic carbocycles. The normalized spacial score (nSPS) is 45.9. The Morgan fingerprint density at radius 1 is 0.842 bits per heavy atom. The fraction of sp³-hybridized carbons (Fsp3) is 0.556. The van der Waals surface area contributed by atoms with E-state index >= 15 is 0 Å². The molecule has 6 unspecified atom stereocenters. The first-order valence-corrected chi connectivity index (χ1v) is 10.9. The van der Waals surface area contributed by atoms with Crippen LogP contribution in [0.5, 0.6) is 0 Å². The van der Waals surface area contributed by atoms with Gasteiger partial charge in [0, 0.05) is 0 Å². The van der Waals surface area contributed by atoms with E-state index in [9.17, 15) is 0 Å². The molecule has 6 atom stereocenters. The van der Waals surface area contributed by atoms with Gasteiger partial charge in [-0.25, -0.2) is 0 Å². The van der Waals surface area contributed by atoms with Crippen molar-refractivity contribution in [2.24, 2.45) is 35.5 Å². The van der Waals surface area contributed by atoms with Crippen molar-refractivity contribution in [2.45, 2.75) is 25.7 Å². The van der Waals surface area contributed by atoms with E-state index in [4.69, 9.17) is 0 Å². The predicted octanol–water partition coefficient (Wildman–Crippen LogP) is 4.52. The first-order valence-electron chi connectivity index (χ1n) is 7.94. The average molecular weight is 304 g/mol. The molecule has 1 heteroatoms. The molecule has 0 aromatic heterocycles. The quantitative estimate of drug-likeness (QED) is 0.529. The first kappa shape index (κ1) is 12.3. The minimum atomic E-state index is -0.584. The van der Waals surface area contributed by atoms with Crippen LogP contribution in [0, 0.1) is 35.5 Å². The topological polar surface area (TPSA) is 0 Å². The van der Waals surface area contributed by atoms with Crippen LogP contribution in [-0.4, -0.2) is 0 Å². The van der Waals surface area contributed by atoms with E-state index in [1.165, 1.54) is 25.7 Å². The third-order valence-electron chi connectivity index (χ3n) is 6.25. The summed E-state index contributed by atoms with van der Waals surface area (Å²) in [6, 6.07) is 0. The monoisotopic (exact) mass is 302 g/mol. The van der Waals surface area contributed by atoms with E-state index in [1.807, 2.05) is 8.33 Å². The van der Waals surface area contributed by atoms with Crippen LogP contribution in [0.15, 0.2) is 45.8 Å². The van der Waals surface area contributed by atoms with Crippen molar-refractivity contribution < 1.29 is 17.1 Å². The molecule has 0 amide bonds. The molecule has 0 spiro atoms. The Morgan fingerprint density at radius 3 is 1.63 bits per heavy atom. The molecular formula is C18H22Zn. The van der Waals surface area contributed by atoms with Gasteiger partial charge in [-0.15, -0.1) is 0 Å². The van der Waals surface area contributed by atoms with E-state index in [0.717, 1.165) is 35.5 Å². The second kappa shape index (κ2) is 4.55. The van der Waals surface area contributed by atoms with Crippen molar-refractivity contribution in [1.29, 1.82) is 0 Å². The van der Waals surface area contributed by atoms with Crippen LogP contribution in [0.4, 0.5) is 0 Å². The third-order valence-corrected chi connectivity index (χ3v) is 11.4. The van der Waals surface area contributed by atoms with Crippen LogP contribution in [0.1, 0.15) is 25.7 Å². The summed E-state index contributed by atoms with van der Waals surface area (Å²) in [5.74, 6) is 5.25. The Labute approximate surface area is 124 Å². The Morgan fingerprint density at radius 2 is 1.32 bits per heavy atom. The zero-order valence-electron chi connectivity index (χ0n) is 11.7. The zero-order chi connectivity index (χ0) is 13.0. The van der Waals surface area contributed by atoms with Gasteiger partial charge in [0.2, 0.25) is 0 Å². The molecule has 0 saturated heterocycles. The van der Waals surface area contributed by atoms with E-state index < -0.39 is 17.1 Å². The van der Waals surface area contributed by atoms with Gasteiger partial charge in [0.25, 0.3) is 0 Å². The summed E-state index contributed by atoms with van der Waals surface area (Å²) in [4.78, 5) is 0. The number of hydrogen-bond acceptors (Lipinski definition) is 0. The molecule has 0 aromatic rings. The van der Waals surface area contributed by atoms with Crippen molar-refractivity contribution in [1.82, 2.24) is 0 Å². The second-order valence-corrected chi connectivity index (χ2v) is 11.3. The summed E-state index contributed by atoms with van der Waals surface area (Å²) in [6.45, 7) is 8.01. The van der Waals surface area contributed by atoms with Crippen LogP contribution < -0.4 is 0 Å². The molecule has 2 fully saturated rings. The fourth-order valence-corrected chi connectivity index (χ4v) is 10.6. The van der Waals surface area contributed by atoms with Gasteiger partial charge < -0.3 is 0 Å². The summed E-state index contributed by atoms with van der Waals surface area (Å²) in [6.07, 6.45) is 15.5. The number of rotatable bonds is 4. The SMILES string of the molecule is C=CC1CC2CC1C=[C]2[Zn][C]1=CC2CC1CC2C=C. The molecular weight excluding hydrogens is 282 g/mol. The van der Waals surface area contributed by atoms with Gasteiger partial charge in [-0.05, 0) is 0 Å². The maximum atomic E-state index is 4.00. The van der Waals surface area contributed by atoms with E-state index in [2.05, 4.69) is 37.5 Å². The molecule has 0 nitrogen and oxygen atoms in total. The maximum absolute atomic E-state index is 4.00. The summed E-state index contributed by atoms with van der Waals surface area (Å²) in [5, 5.41) is 0. The summed E-state index contributed by atoms with van der Waals surface area (Å²) in [5.41, 5.74) is 0. The van der Waals surface area contributed by atoms with Crippen LogP contribution in [0.25, 0.3) is 0 Å². The van der Waals surface area contributed by atoms with Crippen LogP contribution in [-0.2, 0) is 17.1 Å². The van der Waals surface area contributed by atoms with Crippen molar-refractivity contribution in [3.05, 3.63) is 45.8 Å². The van der Waals surface area contributed by atoms with Gasteiger partial charge in [-0.1, -0.05) is 0 Å². The second-order valence-electron chi connectivity index (χ2n) is 7.12. The molecule has 0 heterocycles. The molecule has 0 aliphatic heterocycles. The molecule has 4 aliphatic rings. The molecule has 19 heavy (non-hydrogen) atoms. The molecule has 4 rings (SSSR count). The molecule has 4 bridgehead atoms. The summed E-state index contributed by atoms with van der Waals surface area (Å²) >= 11 is -0.584. The van der Waals surface area contributed by atoms with E-state index in [-0.39, 0.29) is 0 Å². The van der Waals surface area contributed by atoms with Crippen molar-refractivity contribution in [3.63, 3.8) is 0 Å². The van der Waals surface area contributed by atoms with Gasteiger partial charge in [0.15, 0.2) is 0 Å².